The fourth-order valence-electron chi connectivity index (χ4n) is 1.35. The molecule has 0 unspecified atom stereocenters. The second kappa shape index (κ2) is 4.50. The minimum Gasteiger partial charge on any atom is -0.328 e. The Morgan fingerprint density at radius 1 is 1.00 bits per heavy atom. The number of benzene rings is 1. The molecule has 0 amide bonds. The van der Waals surface area contributed by atoms with Gasteiger partial charge in [0.25, 0.3) is 5.56 Å². The first-order valence-corrected chi connectivity index (χ1v) is 5.55. The van der Waals surface area contributed by atoms with Gasteiger partial charge in [0, 0.05) is 11.8 Å². The van der Waals surface area contributed by atoms with E-state index in [1.165, 1.54) is 6.20 Å². The number of pyridine rings is 1. The number of H-pyrrole nitrogens is 1. The molecule has 2 nitrogen and oxygen atoms in total. The third kappa shape index (κ3) is 2.09. The molecule has 1 heterocycles. The summed E-state index contributed by atoms with van der Waals surface area (Å²) in [6.45, 7) is 0. The van der Waals surface area contributed by atoms with E-state index in [0.717, 1.165) is 5.56 Å². The van der Waals surface area contributed by atoms with Crippen LogP contribution in [0.15, 0.2) is 35.3 Å². The van der Waals surface area contributed by atoms with E-state index in [2.05, 4.69) is 4.98 Å². The zero-order chi connectivity index (χ0) is 11.7. The fraction of sp³-hybridized carbons (Fsp3) is 0. The van der Waals surface area contributed by atoms with Crippen LogP contribution >= 0.6 is 34.8 Å². The molecule has 0 bridgehead atoms. The van der Waals surface area contributed by atoms with E-state index in [1.807, 2.05) is 0 Å². The van der Waals surface area contributed by atoms with Crippen molar-refractivity contribution in [3.05, 3.63) is 55.9 Å². The van der Waals surface area contributed by atoms with Crippen LogP contribution < -0.4 is 5.56 Å². The maximum Gasteiger partial charge on any atom is 0.267 e. The number of nitrogens with one attached hydrogen (secondary N) is 1. The van der Waals surface area contributed by atoms with Crippen LogP contribution in [0.3, 0.4) is 0 Å². The molecule has 16 heavy (non-hydrogen) atoms. The molecular formula is C11H6Cl3NO. The molecule has 0 aliphatic rings. The summed E-state index contributed by atoms with van der Waals surface area (Å²) in [6, 6.07) is 6.81. The molecule has 0 saturated carbocycles. The lowest BCUT2D eigenvalue weighted by atomic mass is 10.1. The maximum absolute atomic E-state index is 11.3. The Kier molecular flexibility index (Phi) is 3.24. The van der Waals surface area contributed by atoms with Crippen LogP contribution in [0.4, 0.5) is 0 Å². The summed E-state index contributed by atoms with van der Waals surface area (Å²) in [5.41, 5.74) is 1.06. The summed E-state index contributed by atoms with van der Waals surface area (Å²) >= 11 is 17.6. The van der Waals surface area contributed by atoms with Gasteiger partial charge in [-0.2, -0.15) is 0 Å². The number of hydrogen-bond donors (Lipinski definition) is 1. The van der Waals surface area contributed by atoms with Crippen molar-refractivity contribution in [2.24, 2.45) is 0 Å². The Balaban J connectivity index is 2.63. The normalized spacial score (nSPS) is 10.4. The van der Waals surface area contributed by atoms with E-state index in [1.54, 1.807) is 24.3 Å². The molecule has 0 radical (unpaired) electrons. The minimum absolute atomic E-state index is 0.140. The predicted octanol–water partition coefficient (Wildman–Crippen LogP) is 4.00. The predicted molar refractivity (Wildman–Crippen MR) is 67.5 cm³/mol. The molecule has 0 saturated heterocycles. The van der Waals surface area contributed by atoms with Crippen molar-refractivity contribution >= 4 is 34.8 Å². The van der Waals surface area contributed by atoms with Crippen LogP contribution in [-0.4, -0.2) is 4.98 Å². The Morgan fingerprint density at radius 2 is 1.75 bits per heavy atom. The fourth-order valence-corrected chi connectivity index (χ4v) is 1.87. The van der Waals surface area contributed by atoms with Crippen molar-refractivity contribution in [2.75, 3.05) is 0 Å². The Bertz CT molecular complexity index is 592. The van der Waals surface area contributed by atoms with Crippen molar-refractivity contribution in [1.29, 1.82) is 0 Å². The molecule has 0 aliphatic carbocycles. The summed E-state index contributed by atoms with van der Waals surface area (Å²) in [5.74, 6) is 0. The standard InChI is InChI=1S/C11H6Cl3NO/c12-8-2-1-6(5-9(8)13)7-3-4-15-11(16)10(7)14/h1-5H,(H,15,16). The van der Waals surface area contributed by atoms with E-state index in [4.69, 9.17) is 34.8 Å². The Labute approximate surface area is 107 Å². The highest BCUT2D eigenvalue weighted by molar-refractivity contribution is 6.42. The van der Waals surface area contributed by atoms with Crippen molar-refractivity contribution in [3.8, 4) is 11.1 Å². The van der Waals surface area contributed by atoms with Crippen LogP contribution in [0.25, 0.3) is 11.1 Å². The van der Waals surface area contributed by atoms with Gasteiger partial charge in [0.2, 0.25) is 0 Å². The van der Waals surface area contributed by atoms with Crippen LogP contribution in [0.2, 0.25) is 15.1 Å². The first kappa shape index (κ1) is 11.5. The largest absolute Gasteiger partial charge is 0.328 e. The Morgan fingerprint density at radius 3 is 2.44 bits per heavy atom. The van der Waals surface area contributed by atoms with Gasteiger partial charge in [0.05, 0.1) is 10.0 Å². The van der Waals surface area contributed by atoms with Crippen molar-refractivity contribution in [3.63, 3.8) is 0 Å². The van der Waals surface area contributed by atoms with Gasteiger partial charge in [-0.3, -0.25) is 4.79 Å². The second-order valence-corrected chi connectivity index (χ2v) is 4.36. The molecule has 2 rings (SSSR count). The van der Waals surface area contributed by atoms with E-state index in [-0.39, 0.29) is 10.6 Å². The summed E-state index contributed by atoms with van der Waals surface area (Å²) in [7, 11) is 0. The van der Waals surface area contributed by atoms with Gasteiger partial charge < -0.3 is 4.98 Å². The second-order valence-electron chi connectivity index (χ2n) is 3.16. The van der Waals surface area contributed by atoms with Gasteiger partial charge in [-0.25, -0.2) is 0 Å². The van der Waals surface area contributed by atoms with Gasteiger partial charge in [-0.15, -0.1) is 0 Å². The monoisotopic (exact) mass is 273 g/mol. The average molecular weight is 275 g/mol. The van der Waals surface area contributed by atoms with Gasteiger partial charge in [0.15, 0.2) is 0 Å². The molecule has 2 aromatic rings. The lowest BCUT2D eigenvalue weighted by Gasteiger charge is -2.04. The summed E-state index contributed by atoms with van der Waals surface area (Å²) in [4.78, 5) is 13.8. The van der Waals surface area contributed by atoms with Gasteiger partial charge in [-0.1, -0.05) is 40.9 Å². The molecular weight excluding hydrogens is 268 g/mol. The third-order valence-electron chi connectivity index (χ3n) is 2.13. The SMILES string of the molecule is O=c1[nH]ccc(-c2ccc(Cl)c(Cl)c2)c1Cl. The van der Waals surface area contributed by atoms with E-state index < -0.39 is 0 Å². The van der Waals surface area contributed by atoms with Crippen molar-refractivity contribution in [2.45, 2.75) is 0 Å². The number of halogens is 3. The van der Waals surface area contributed by atoms with E-state index in [0.29, 0.717) is 15.6 Å². The Hall–Kier alpha value is -0.960. The smallest absolute Gasteiger partial charge is 0.267 e. The highest BCUT2D eigenvalue weighted by Gasteiger charge is 2.08. The number of hydrogen-bond acceptors (Lipinski definition) is 1. The van der Waals surface area contributed by atoms with Crippen LogP contribution in [0.1, 0.15) is 0 Å². The first-order valence-electron chi connectivity index (χ1n) is 4.42. The third-order valence-corrected chi connectivity index (χ3v) is 3.25. The number of aromatic amines is 1. The van der Waals surface area contributed by atoms with Crippen molar-refractivity contribution < 1.29 is 0 Å². The zero-order valence-corrected chi connectivity index (χ0v) is 10.2. The van der Waals surface area contributed by atoms with Gasteiger partial charge in [0.1, 0.15) is 5.02 Å². The van der Waals surface area contributed by atoms with Gasteiger partial charge in [-0.05, 0) is 23.8 Å². The summed E-state index contributed by atoms with van der Waals surface area (Å²) in [6.07, 6.45) is 1.53. The molecule has 0 spiro atoms. The molecule has 82 valence electrons. The zero-order valence-electron chi connectivity index (χ0n) is 7.93. The quantitative estimate of drug-likeness (QED) is 0.837. The lowest BCUT2D eigenvalue weighted by molar-refractivity contribution is 1.24. The summed E-state index contributed by atoms with van der Waals surface area (Å²) in [5, 5.41) is 1.03. The first-order chi connectivity index (χ1) is 7.59. The molecule has 1 aromatic heterocycles. The highest BCUT2D eigenvalue weighted by Crippen LogP contribution is 2.30. The number of rotatable bonds is 1. The summed E-state index contributed by atoms with van der Waals surface area (Å²) < 4.78 is 0. The topological polar surface area (TPSA) is 32.9 Å². The number of aromatic nitrogens is 1. The van der Waals surface area contributed by atoms with Crippen LogP contribution in [0.5, 0.6) is 0 Å². The van der Waals surface area contributed by atoms with Crippen LogP contribution in [0, 0.1) is 0 Å². The van der Waals surface area contributed by atoms with Crippen LogP contribution in [-0.2, 0) is 0 Å². The molecule has 0 atom stereocenters. The molecule has 1 N–H and O–H groups in total. The lowest BCUT2D eigenvalue weighted by Crippen LogP contribution is -2.05. The molecule has 0 aliphatic heterocycles. The van der Waals surface area contributed by atoms with E-state index >= 15 is 0 Å². The van der Waals surface area contributed by atoms with Crippen molar-refractivity contribution in [1.82, 2.24) is 4.98 Å². The molecule has 0 fully saturated rings. The van der Waals surface area contributed by atoms with E-state index in [9.17, 15) is 4.79 Å². The minimum atomic E-state index is -0.328. The molecule has 1 aromatic carbocycles. The average Bonchev–Trinajstić information content (AvgIpc) is 2.26. The maximum atomic E-state index is 11.3. The molecule has 5 heteroatoms. The highest BCUT2D eigenvalue weighted by atomic mass is 35.5. The van der Waals surface area contributed by atoms with Gasteiger partial charge >= 0.3 is 0 Å².